The van der Waals surface area contributed by atoms with Gasteiger partial charge < -0.3 is 10.3 Å². The molecule has 0 saturated carbocycles. The molecular weight excluding hydrogens is 395 g/mol. The van der Waals surface area contributed by atoms with Crippen molar-refractivity contribution in [2.24, 2.45) is 0 Å². The van der Waals surface area contributed by atoms with Crippen molar-refractivity contribution in [2.75, 3.05) is 0 Å². The fraction of sp³-hybridized carbons (Fsp3) is 0.0833. The number of hydrogen-bond donors (Lipinski definition) is 2. The van der Waals surface area contributed by atoms with Crippen LogP contribution >= 0.6 is 38.5 Å². The molecule has 5 heteroatoms. The first-order chi connectivity index (χ1) is 8.16. The van der Waals surface area contributed by atoms with Crippen molar-refractivity contribution in [3.05, 3.63) is 55.8 Å². The van der Waals surface area contributed by atoms with Gasteiger partial charge in [-0.05, 0) is 68.3 Å². The van der Waals surface area contributed by atoms with Gasteiger partial charge >= 0.3 is 0 Å². The molecule has 2 aromatic rings. The Labute approximate surface area is 121 Å². The van der Waals surface area contributed by atoms with Crippen molar-refractivity contribution in [3.63, 3.8) is 0 Å². The summed E-state index contributed by atoms with van der Waals surface area (Å²) in [6, 6.07) is 7.63. The quantitative estimate of drug-likeness (QED) is 0.757. The average molecular weight is 405 g/mol. The van der Waals surface area contributed by atoms with Gasteiger partial charge in [0, 0.05) is 27.0 Å². The van der Waals surface area contributed by atoms with Crippen molar-refractivity contribution < 1.29 is 4.79 Å². The lowest BCUT2D eigenvalue weighted by atomic mass is 10.2. The van der Waals surface area contributed by atoms with E-state index in [0.29, 0.717) is 12.1 Å². The first-order valence-corrected chi connectivity index (χ1v) is 6.89. The van der Waals surface area contributed by atoms with E-state index in [0.717, 1.165) is 13.6 Å². The van der Waals surface area contributed by atoms with Crippen LogP contribution in [-0.4, -0.2) is 10.9 Å². The van der Waals surface area contributed by atoms with Gasteiger partial charge in [-0.2, -0.15) is 0 Å². The number of halogens is 2. The van der Waals surface area contributed by atoms with Crippen LogP contribution in [0.25, 0.3) is 0 Å². The lowest BCUT2D eigenvalue weighted by Gasteiger charge is -2.06. The first-order valence-electron chi connectivity index (χ1n) is 5.02. The van der Waals surface area contributed by atoms with Gasteiger partial charge in [-0.15, -0.1) is 0 Å². The zero-order valence-corrected chi connectivity index (χ0v) is 12.6. The molecule has 17 heavy (non-hydrogen) atoms. The standard InChI is InChI=1S/C12H10BrIN2O/c13-11-2-1-9(14)5-10(11)12(17)16-7-8-3-4-15-6-8/h1-6,15H,7H2,(H,16,17). The largest absolute Gasteiger partial charge is 0.367 e. The highest BCUT2D eigenvalue weighted by Gasteiger charge is 2.10. The minimum Gasteiger partial charge on any atom is -0.367 e. The average Bonchev–Trinajstić information content (AvgIpc) is 2.82. The topological polar surface area (TPSA) is 44.9 Å². The smallest absolute Gasteiger partial charge is 0.252 e. The van der Waals surface area contributed by atoms with Crippen LogP contribution in [0.5, 0.6) is 0 Å². The van der Waals surface area contributed by atoms with Crippen molar-refractivity contribution >= 4 is 44.4 Å². The molecule has 0 spiro atoms. The fourth-order valence-electron chi connectivity index (χ4n) is 1.42. The number of aromatic amines is 1. The lowest BCUT2D eigenvalue weighted by molar-refractivity contribution is 0.0950. The Morgan fingerprint density at radius 3 is 2.94 bits per heavy atom. The van der Waals surface area contributed by atoms with Crippen molar-refractivity contribution in [2.45, 2.75) is 6.54 Å². The zero-order chi connectivity index (χ0) is 12.3. The Morgan fingerprint density at radius 1 is 1.41 bits per heavy atom. The van der Waals surface area contributed by atoms with Crippen LogP contribution in [0.4, 0.5) is 0 Å². The van der Waals surface area contributed by atoms with Gasteiger partial charge in [0.05, 0.1) is 5.56 Å². The van der Waals surface area contributed by atoms with E-state index in [4.69, 9.17) is 0 Å². The number of benzene rings is 1. The second-order valence-electron chi connectivity index (χ2n) is 3.53. The predicted molar refractivity (Wildman–Crippen MR) is 78.8 cm³/mol. The summed E-state index contributed by atoms with van der Waals surface area (Å²) in [6.45, 7) is 0.528. The number of nitrogens with one attached hydrogen (secondary N) is 2. The number of H-pyrrole nitrogens is 1. The molecule has 0 saturated heterocycles. The molecule has 0 bridgehead atoms. The number of carbonyl (C=O) groups is 1. The Balaban J connectivity index is 2.07. The molecule has 1 aromatic heterocycles. The van der Waals surface area contributed by atoms with E-state index in [1.807, 2.05) is 36.7 Å². The van der Waals surface area contributed by atoms with Gasteiger partial charge in [0.15, 0.2) is 0 Å². The predicted octanol–water partition coefficient (Wildman–Crippen LogP) is 3.31. The summed E-state index contributed by atoms with van der Waals surface area (Å²) in [5.41, 5.74) is 1.72. The maximum absolute atomic E-state index is 12.0. The molecule has 2 N–H and O–H groups in total. The summed E-state index contributed by atoms with van der Waals surface area (Å²) in [6.07, 6.45) is 3.70. The third kappa shape index (κ3) is 3.32. The number of hydrogen-bond acceptors (Lipinski definition) is 1. The molecular formula is C12H10BrIN2O. The monoisotopic (exact) mass is 404 g/mol. The van der Waals surface area contributed by atoms with Crippen LogP contribution in [0, 0.1) is 3.57 Å². The van der Waals surface area contributed by atoms with E-state index >= 15 is 0 Å². The molecule has 0 aliphatic rings. The summed E-state index contributed by atoms with van der Waals surface area (Å²) in [5, 5.41) is 2.88. The molecule has 0 fully saturated rings. The highest BCUT2D eigenvalue weighted by Crippen LogP contribution is 2.19. The molecule has 0 aliphatic heterocycles. The van der Waals surface area contributed by atoms with Crippen molar-refractivity contribution in [3.8, 4) is 0 Å². The minimum absolute atomic E-state index is 0.0726. The van der Waals surface area contributed by atoms with E-state index < -0.39 is 0 Å². The molecule has 1 heterocycles. The van der Waals surface area contributed by atoms with E-state index in [2.05, 4.69) is 48.8 Å². The van der Waals surface area contributed by atoms with Gasteiger partial charge in [-0.3, -0.25) is 4.79 Å². The number of aromatic nitrogens is 1. The van der Waals surface area contributed by atoms with Gasteiger partial charge in [0.2, 0.25) is 0 Å². The highest BCUT2D eigenvalue weighted by atomic mass is 127. The molecule has 0 atom stereocenters. The molecule has 2 rings (SSSR count). The second kappa shape index (κ2) is 5.68. The summed E-state index contributed by atoms with van der Waals surface area (Å²) >= 11 is 5.57. The second-order valence-corrected chi connectivity index (χ2v) is 5.63. The zero-order valence-electron chi connectivity index (χ0n) is 8.84. The highest BCUT2D eigenvalue weighted by molar-refractivity contribution is 14.1. The van der Waals surface area contributed by atoms with E-state index in [1.54, 1.807) is 0 Å². The Kier molecular flexibility index (Phi) is 4.22. The molecule has 88 valence electrons. The van der Waals surface area contributed by atoms with Crippen LogP contribution in [0.2, 0.25) is 0 Å². The van der Waals surface area contributed by atoms with E-state index in [1.165, 1.54) is 0 Å². The molecule has 3 nitrogen and oxygen atoms in total. The van der Waals surface area contributed by atoms with Crippen LogP contribution in [0.15, 0.2) is 41.1 Å². The molecule has 0 radical (unpaired) electrons. The minimum atomic E-state index is -0.0726. The Morgan fingerprint density at radius 2 is 2.24 bits per heavy atom. The molecule has 0 unspecified atom stereocenters. The van der Waals surface area contributed by atoms with Gasteiger partial charge in [0.25, 0.3) is 5.91 Å². The SMILES string of the molecule is O=C(NCc1cc[nH]c1)c1cc(I)ccc1Br. The summed E-state index contributed by atoms with van der Waals surface area (Å²) in [5.74, 6) is -0.0726. The van der Waals surface area contributed by atoms with Crippen LogP contribution < -0.4 is 5.32 Å². The Bertz CT molecular complexity index is 525. The summed E-state index contributed by atoms with van der Waals surface area (Å²) < 4.78 is 1.85. The Hall–Kier alpha value is -0.820. The summed E-state index contributed by atoms with van der Waals surface area (Å²) in [4.78, 5) is 14.9. The van der Waals surface area contributed by atoms with Crippen LogP contribution in [-0.2, 0) is 6.54 Å². The van der Waals surface area contributed by atoms with Gasteiger partial charge in [0.1, 0.15) is 0 Å². The van der Waals surface area contributed by atoms with E-state index in [9.17, 15) is 4.79 Å². The normalized spacial score (nSPS) is 10.2. The van der Waals surface area contributed by atoms with Gasteiger partial charge in [-0.25, -0.2) is 0 Å². The van der Waals surface area contributed by atoms with E-state index in [-0.39, 0.29) is 5.91 Å². The summed E-state index contributed by atoms with van der Waals surface area (Å²) in [7, 11) is 0. The maximum Gasteiger partial charge on any atom is 0.252 e. The molecule has 0 aliphatic carbocycles. The third-order valence-corrected chi connectivity index (χ3v) is 3.65. The van der Waals surface area contributed by atoms with Crippen molar-refractivity contribution in [1.82, 2.24) is 10.3 Å². The fourth-order valence-corrected chi connectivity index (χ4v) is 2.34. The third-order valence-electron chi connectivity index (χ3n) is 2.29. The first kappa shape index (κ1) is 12.6. The number of amides is 1. The molecule has 1 aromatic carbocycles. The van der Waals surface area contributed by atoms with Gasteiger partial charge in [-0.1, -0.05) is 0 Å². The maximum atomic E-state index is 12.0. The van der Waals surface area contributed by atoms with Crippen molar-refractivity contribution in [1.29, 1.82) is 0 Å². The number of rotatable bonds is 3. The molecule has 1 amide bonds. The lowest BCUT2D eigenvalue weighted by Crippen LogP contribution is -2.23. The van der Waals surface area contributed by atoms with Crippen LogP contribution in [0.3, 0.4) is 0 Å². The van der Waals surface area contributed by atoms with Crippen LogP contribution in [0.1, 0.15) is 15.9 Å². The number of carbonyl (C=O) groups excluding carboxylic acids is 1.